The third kappa shape index (κ3) is 4.14. The number of nitro benzene ring substituents is 1. The molecule has 1 atom stereocenters. The molecule has 1 aromatic carbocycles. The van der Waals surface area contributed by atoms with Crippen molar-refractivity contribution in [2.45, 2.75) is 12.2 Å². The highest BCUT2D eigenvalue weighted by atomic mass is 32.2. The second-order valence-electron chi connectivity index (χ2n) is 4.39. The maximum absolute atomic E-state index is 12.2. The quantitative estimate of drug-likeness (QED) is 0.654. The fraction of sp³-hybridized carbons (Fsp3) is 0.385. The Kier molecular flexibility index (Phi) is 5.67. The highest BCUT2D eigenvalue weighted by molar-refractivity contribution is 8.39. The molecule has 0 aliphatic carbocycles. The van der Waals surface area contributed by atoms with E-state index in [9.17, 15) is 14.9 Å². The predicted octanol–water partition coefficient (Wildman–Crippen LogP) is 2.77. The molecule has 1 N–H and O–H groups in total. The number of aliphatic imine (C=N–C) groups is 1. The van der Waals surface area contributed by atoms with Crippen molar-refractivity contribution in [1.29, 1.82) is 0 Å². The fourth-order valence-corrected chi connectivity index (χ4v) is 3.86. The molecule has 0 fully saturated rings. The van der Waals surface area contributed by atoms with Gasteiger partial charge in [-0.05, 0) is 13.0 Å². The zero-order chi connectivity index (χ0) is 16.1. The Balaban J connectivity index is 2.09. The van der Waals surface area contributed by atoms with Gasteiger partial charge in [0.25, 0.3) is 5.69 Å². The number of hydrogen-bond acceptors (Lipinski definition) is 7. The third-order valence-corrected chi connectivity index (χ3v) is 5.16. The Morgan fingerprint density at radius 1 is 1.59 bits per heavy atom. The van der Waals surface area contributed by atoms with Crippen LogP contribution >= 0.6 is 23.5 Å². The van der Waals surface area contributed by atoms with Crippen molar-refractivity contribution in [1.82, 2.24) is 0 Å². The van der Waals surface area contributed by atoms with Crippen LogP contribution in [0.15, 0.2) is 23.2 Å². The summed E-state index contributed by atoms with van der Waals surface area (Å²) in [4.78, 5) is 26.8. The standard InChI is InChI=1S/C13H15N3O4S2/c1-8(22-13-14-5-6-21-13)12(17)15-10-7-9(16(18)19)3-4-11(10)20-2/h3-4,7-8H,5-6H2,1-2H3,(H,15,17). The summed E-state index contributed by atoms with van der Waals surface area (Å²) in [6.07, 6.45) is 0. The molecule has 0 aromatic heterocycles. The summed E-state index contributed by atoms with van der Waals surface area (Å²) in [5.74, 6) is 1.07. The van der Waals surface area contributed by atoms with Crippen LogP contribution in [0.4, 0.5) is 11.4 Å². The second-order valence-corrected chi connectivity index (χ2v) is 7.06. The summed E-state index contributed by atoms with van der Waals surface area (Å²) in [5.41, 5.74) is 0.183. The zero-order valence-electron chi connectivity index (χ0n) is 12.1. The van der Waals surface area contributed by atoms with Crippen LogP contribution in [0, 0.1) is 10.1 Å². The Hall–Kier alpha value is -1.74. The highest BCUT2D eigenvalue weighted by Crippen LogP contribution is 2.31. The van der Waals surface area contributed by atoms with E-state index >= 15 is 0 Å². The van der Waals surface area contributed by atoms with Gasteiger partial charge in [0.2, 0.25) is 5.91 Å². The van der Waals surface area contributed by atoms with E-state index in [1.807, 2.05) is 0 Å². The Morgan fingerprint density at radius 3 is 2.95 bits per heavy atom. The number of amides is 1. The highest BCUT2D eigenvalue weighted by Gasteiger charge is 2.21. The van der Waals surface area contributed by atoms with Crippen LogP contribution in [0.25, 0.3) is 0 Å². The minimum atomic E-state index is -0.517. The van der Waals surface area contributed by atoms with Crippen LogP contribution < -0.4 is 10.1 Å². The van der Waals surface area contributed by atoms with E-state index in [1.54, 1.807) is 18.7 Å². The van der Waals surface area contributed by atoms with Gasteiger partial charge in [-0.1, -0.05) is 23.5 Å². The molecule has 7 nitrogen and oxygen atoms in total. The molecular weight excluding hydrogens is 326 g/mol. The second kappa shape index (κ2) is 7.50. The Morgan fingerprint density at radius 2 is 2.36 bits per heavy atom. The molecule has 22 heavy (non-hydrogen) atoms. The average Bonchev–Trinajstić information content (AvgIpc) is 2.99. The first-order chi connectivity index (χ1) is 10.5. The van der Waals surface area contributed by atoms with Crippen molar-refractivity contribution in [3.63, 3.8) is 0 Å². The van der Waals surface area contributed by atoms with E-state index in [4.69, 9.17) is 4.74 Å². The number of non-ortho nitro benzene ring substituents is 1. The topological polar surface area (TPSA) is 93.8 Å². The number of nitro groups is 1. The molecule has 1 aliphatic heterocycles. The van der Waals surface area contributed by atoms with Crippen molar-refractivity contribution in [2.24, 2.45) is 4.99 Å². The van der Waals surface area contributed by atoms with Gasteiger partial charge in [0, 0.05) is 17.9 Å². The van der Waals surface area contributed by atoms with Crippen molar-refractivity contribution < 1.29 is 14.5 Å². The van der Waals surface area contributed by atoms with Crippen LogP contribution in [0.3, 0.4) is 0 Å². The number of carbonyl (C=O) groups excluding carboxylic acids is 1. The van der Waals surface area contributed by atoms with Crippen molar-refractivity contribution in [3.8, 4) is 5.75 Å². The summed E-state index contributed by atoms with van der Waals surface area (Å²) < 4.78 is 6.02. The number of anilines is 1. The molecule has 9 heteroatoms. The molecule has 0 bridgehead atoms. The number of rotatable bonds is 5. The van der Waals surface area contributed by atoms with Crippen LogP contribution in [0.5, 0.6) is 5.75 Å². The van der Waals surface area contributed by atoms with E-state index < -0.39 is 4.92 Å². The minimum Gasteiger partial charge on any atom is -0.495 e. The average molecular weight is 341 g/mol. The number of nitrogens with zero attached hydrogens (tertiary/aromatic N) is 2. The first kappa shape index (κ1) is 16.6. The predicted molar refractivity (Wildman–Crippen MR) is 90.1 cm³/mol. The molecule has 0 spiro atoms. The van der Waals surface area contributed by atoms with E-state index in [1.165, 1.54) is 37.1 Å². The molecule has 0 saturated heterocycles. The summed E-state index contributed by atoms with van der Waals surface area (Å²) in [7, 11) is 1.44. The first-order valence-corrected chi connectivity index (χ1v) is 8.35. The van der Waals surface area contributed by atoms with Gasteiger partial charge in [0.1, 0.15) is 10.1 Å². The van der Waals surface area contributed by atoms with E-state index in [0.717, 1.165) is 16.7 Å². The summed E-state index contributed by atoms with van der Waals surface area (Å²) >= 11 is 3.01. The lowest BCUT2D eigenvalue weighted by atomic mass is 10.2. The van der Waals surface area contributed by atoms with Gasteiger partial charge < -0.3 is 10.1 Å². The number of nitrogens with one attached hydrogen (secondary N) is 1. The van der Waals surface area contributed by atoms with Gasteiger partial charge in [-0.25, -0.2) is 0 Å². The number of ether oxygens (including phenoxy) is 1. The maximum Gasteiger partial charge on any atom is 0.271 e. The smallest absolute Gasteiger partial charge is 0.271 e. The molecule has 1 heterocycles. The van der Waals surface area contributed by atoms with Crippen LogP contribution in [-0.4, -0.2) is 39.9 Å². The number of methoxy groups -OCH3 is 1. The largest absolute Gasteiger partial charge is 0.495 e. The van der Waals surface area contributed by atoms with Crippen LogP contribution in [0.1, 0.15) is 6.92 Å². The van der Waals surface area contributed by atoms with Crippen molar-refractivity contribution in [2.75, 3.05) is 24.7 Å². The van der Waals surface area contributed by atoms with Gasteiger partial charge in [0.05, 0.1) is 29.5 Å². The normalized spacial score (nSPS) is 15.1. The molecule has 1 aliphatic rings. The van der Waals surface area contributed by atoms with Gasteiger partial charge in [-0.2, -0.15) is 0 Å². The molecule has 0 saturated carbocycles. The lowest BCUT2D eigenvalue weighted by Gasteiger charge is -2.13. The molecule has 118 valence electrons. The van der Waals surface area contributed by atoms with Gasteiger partial charge >= 0.3 is 0 Å². The first-order valence-electron chi connectivity index (χ1n) is 6.48. The summed E-state index contributed by atoms with van der Waals surface area (Å²) in [6.45, 7) is 2.55. The van der Waals surface area contributed by atoms with E-state index in [-0.39, 0.29) is 22.5 Å². The number of hydrogen-bond donors (Lipinski definition) is 1. The molecule has 0 radical (unpaired) electrons. The lowest BCUT2D eigenvalue weighted by Crippen LogP contribution is -2.23. The van der Waals surface area contributed by atoms with Gasteiger partial charge in [-0.3, -0.25) is 19.9 Å². The molecule has 2 rings (SSSR count). The van der Waals surface area contributed by atoms with Gasteiger partial charge in [-0.15, -0.1) is 0 Å². The van der Waals surface area contributed by atoms with Gasteiger partial charge in [0.15, 0.2) is 0 Å². The van der Waals surface area contributed by atoms with Crippen molar-refractivity contribution >= 4 is 45.2 Å². The van der Waals surface area contributed by atoms with E-state index in [0.29, 0.717) is 5.75 Å². The molecule has 1 amide bonds. The zero-order valence-corrected chi connectivity index (χ0v) is 13.7. The van der Waals surface area contributed by atoms with E-state index in [2.05, 4.69) is 10.3 Å². The SMILES string of the molecule is COc1ccc([N+](=O)[O-])cc1NC(=O)C(C)SC1=NCCS1. The summed E-state index contributed by atoms with van der Waals surface area (Å²) in [6, 6.07) is 4.08. The maximum atomic E-state index is 12.2. The minimum absolute atomic E-state index is 0.105. The number of benzene rings is 1. The molecule has 1 aromatic rings. The monoisotopic (exact) mass is 341 g/mol. The summed E-state index contributed by atoms with van der Waals surface area (Å²) in [5, 5.41) is 13.2. The van der Waals surface area contributed by atoms with Crippen LogP contribution in [-0.2, 0) is 4.79 Å². The Labute approximate surface area is 136 Å². The molecular formula is C13H15N3O4S2. The molecule has 1 unspecified atom stereocenters. The third-order valence-electron chi connectivity index (χ3n) is 2.86. The number of carbonyl (C=O) groups is 1. The Bertz CT molecular complexity index is 621. The van der Waals surface area contributed by atoms with Crippen LogP contribution in [0.2, 0.25) is 0 Å². The van der Waals surface area contributed by atoms with Crippen molar-refractivity contribution in [3.05, 3.63) is 28.3 Å². The fourth-order valence-electron chi connectivity index (χ4n) is 1.73. The number of thioether (sulfide) groups is 2. The lowest BCUT2D eigenvalue weighted by molar-refractivity contribution is -0.384.